The quantitative estimate of drug-likeness (QED) is 0.119. The van der Waals surface area contributed by atoms with Crippen molar-refractivity contribution in [1.82, 2.24) is 14.5 Å². The zero-order chi connectivity index (χ0) is 27.8. The maximum Gasteiger partial charge on any atom is 0.158 e. The fourth-order valence-corrected chi connectivity index (χ4v) is 4.24. The standard InChI is InChI=1S/C29H34ClN5O4/c1-5-38-34-27(29(2,3)4)20-7-6-8-22(17-20)39-25-10-9-21(18-23(25)30)33-28-26-24(31-19-32-28)11-12-35(26)13-15-37-16-14-36/h6-12,17-19,36H,5,13-16H2,1-4H3,(H,31,32,33)/b34-27+. The van der Waals surface area contributed by atoms with Crippen molar-refractivity contribution in [2.75, 3.05) is 31.7 Å². The van der Waals surface area contributed by atoms with Gasteiger partial charge < -0.3 is 29.3 Å². The predicted molar refractivity (Wildman–Crippen MR) is 154 cm³/mol. The Balaban J connectivity index is 1.52. The molecule has 4 rings (SSSR count). The summed E-state index contributed by atoms with van der Waals surface area (Å²) in [6.45, 7) is 10.0. The molecule has 2 heterocycles. The summed E-state index contributed by atoms with van der Waals surface area (Å²) in [4.78, 5) is 14.2. The highest BCUT2D eigenvalue weighted by molar-refractivity contribution is 6.32. The highest BCUT2D eigenvalue weighted by atomic mass is 35.5. The topological polar surface area (TPSA) is 103 Å². The van der Waals surface area contributed by atoms with Crippen LogP contribution in [0.15, 0.2) is 66.2 Å². The zero-order valence-corrected chi connectivity index (χ0v) is 23.4. The van der Waals surface area contributed by atoms with Crippen molar-refractivity contribution < 1.29 is 19.4 Å². The molecule has 2 N–H and O–H groups in total. The second-order valence-electron chi connectivity index (χ2n) is 9.81. The molecule has 0 aliphatic rings. The van der Waals surface area contributed by atoms with Crippen LogP contribution in [0.1, 0.15) is 33.3 Å². The van der Waals surface area contributed by atoms with Gasteiger partial charge in [-0.15, -0.1) is 0 Å². The van der Waals surface area contributed by atoms with Gasteiger partial charge in [-0.3, -0.25) is 0 Å². The van der Waals surface area contributed by atoms with Crippen molar-refractivity contribution in [1.29, 1.82) is 0 Å². The van der Waals surface area contributed by atoms with Gasteiger partial charge in [0.1, 0.15) is 29.9 Å². The van der Waals surface area contributed by atoms with E-state index in [0.717, 1.165) is 28.0 Å². The second kappa shape index (κ2) is 12.9. The maximum atomic E-state index is 8.93. The van der Waals surface area contributed by atoms with Gasteiger partial charge in [-0.1, -0.05) is 49.7 Å². The highest BCUT2D eigenvalue weighted by Crippen LogP contribution is 2.34. The minimum atomic E-state index is -0.211. The summed E-state index contributed by atoms with van der Waals surface area (Å²) in [7, 11) is 0. The summed E-state index contributed by atoms with van der Waals surface area (Å²) in [6.07, 6.45) is 3.46. The molecule has 0 bridgehead atoms. The Morgan fingerprint density at radius 3 is 2.69 bits per heavy atom. The van der Waals surface area contributed by atoms with Crippen LogP contribution in [-0.4, -0.2) is 51.8 Å². The van der Waals surface area contributed by atoms with E-state index in [0.29, 0.717) is 48.7 Å². The lowest BCUT2D eigenvalue weighted by atomic mass is 9.85. The Morgan fingerprint density at radius 2 is 1.95 bits per heavy atom. The molecule has 0 fully saturated rings. The van der Waals surface area contributed by atoms with Gasteiger partial charge in [0.2, 0.25) is 0 Å². The number of benzene rings is 2. The summed E-state index contributed by atoms with van der Waals surface area (Å²) >= 11 is 6.63. The first kappa shape index (κ1) is 28.4. The van der Waals surface area contributed by atoms with Crippen LogP contribution in [0.2, 0.25) is 5.02 Å². The van der Waals surface area contributed by atoms with E-state index >= 15 is 0 Å². The number of hydrogen-bond acceptors (Lipinski definition) is 8. The van der Waals surface area contributed by atoms with Crippen LogP contribution in [0.5, 0.6) is 11.5 Å². The third kappa shape index (κ3) is 7.26. The van der Waals surface area contributed by atoms with E-state index in [1.54, 1.807) is 6.07 Å². The Hall–Kier alpha value is -3.66. The molecule has 0 radical (unpaired) electrons. The third-order valence-corrected chi connectivity index (χ3v) is 6.08. The molecule has 10 heteroatoms. The average Bonchev–Trinajstić information content (AvgIpc) is 3.32. The van der Waals surface area contributed by atoms with Crippen molar-refractivity contribution in [3.63, 3.8) is 0 Å². The van der Waals surface area contributed by atoms with E-state index < -0.39 is 0 Å². The van der Waals surface area contributed by atoms with Crippen molar-refractivity contribution in [3.8, 4) is 11.5 Å². The van der Waals surface area contributed by atoms with Gasteiger partial charge in [0.25, 0.3) is 0 Å². The molecular formula is C29H34ClN5O4. The minimum Gasteiger partial charge on any atom is -0.456 e. The van der Waals surface area contributed by atoms with E-state index in [1.165, 1.54) is 6.33 Å². The molecule has 2 aromatic carbocycles. The molecule has 39 heavy (non-hydrogen) atoms. The first-order chi connectivity index (χ1) is 18.8. The minimum absolute atomic E-state index is 0.00558. The fraction of sp³-hybridized carbons (Fsp3) is 0.345. The van der Waals surface area contributed by atoms with Crippen LogP contribution in [0.25, 0.3) is 11.0 Å². The summed E-state index contributed by atoms with van der Waals surface area (Å²) in [6, 6.07) is 15.1. The van der Waals surface area contributed by atoms with Gasteiger partial charge in [-0.2, -0.15) is 0 Å². The summed E-state index contributed by atoms with van der Waals surface area (Å²) in [5.41, 5.74) is 3.95. The van der Waals surface area contributed by atoms with E-state index in [2.05, 4.69) is 41.2 Å². The Labute approximate surface area is 233 Å². The maximum absolute atomic E-state index is 8.93. The lowest BCUT2D eigenvalue weighted by Gasteiger charge is -2.21. The number of anilines is 2. The smallest absolute Gasteiger partial charge is 0.158 e. The van der Waals surface area contributed by atoms with Crippen molar-refractivity contribution in [2.45, 2.75) is 34.2 Å². The fourth-order valence-electron chi connectivity index (χ4n) is 4.02. The number of rotatable bonds is 12. The molecule has 0 saturated carbocycles. The van der Waals surface area contributed by atoms with Crippen molar-refractivity contribution >= 4 is 39.9 Å². The van der Waals surface area contributed by atoms with Gasteiger partial charge in [-0.25, -0.2) is 9.97 Å². The molecule has 9 nitrogen and oxygen atoms in total. The Kier molecular flexibility index (Phi) is 9.40. The number of ether oxygens (including phenoxy) is 2. The molecule has 0 unspecified atom stereocenters. The van der Waals surface area contributed by atoms with E-state index in [-0.39, 0.29) is 12.0 Å². The number of oxime groups is 1. The number of fused-ring (bicyclic) bond motifs is 1. The number of aliphatic hydroxyl groups excluding tert-OH is 1. The van der Waals surface area contributed by atoms with Crippen molar-refractivity contribution in [2.24, 2.45) is 10.6 Å². The molecule has 2 aromatic heterocycles. The number of aliphatic hydroxyl groups is 1. The lowest BCUT2D eigenvalue weighted by Crippen LogP contribution is -2.22. The number of hydrogen-bond donors (Lipinski definition) is 2. The van der Waals surface area contributed by atoms with Gasteiger partial charge in [0, 0.05) is 29.4 Å². The SMILES string of the molecule is CCO/N=C(\c1cccc(Oc2ccc(Nc3ncnc4ccn(CCOCCO)c34)cc2Cl)c1)C(C)(C)C. The number of halogens is 1. The normalized spacial score (nSPS) is 12.1. The molecular weight excluding hydrogens is 518 g/mol. The average molecular weight is 552 g/mol. The largest absolute Gasteiger partial charge is 0.456 e. The second-order valence-corrected chi connectivity index (χ2v) is 10.2. The van der Waals surface area contributed by atoms with E-state index in [9.17, 15) is 0 Å². The molecule has 0 atom stereocenters. The van der Waals surface area contributed by atoms with Crippen LogP contribution < -0.4 is 10.1 Å². The van der Waals surface area contributed by atoms with E-state index in [4.69, 9.17) is 31.0 Å². The number of nitrogens with one attached hydrogen (secondary N) is 1. The molecule has 0 amide bonds. The predicted octanol–water partition coefficient (Wildman–Crippen LogP) is 6.42. The summed E-state index contributed by atoms with van der Waals surface area (Å²) in [5.74, 6) is 1.81. The van der Waals surface area contributed by atoms with Gasteiger partial charge in [-0.05, 0) is 43.3 Å². The van der Waals surface area contributed by atoms with Crippen LogP contribution in [0.3, 0.4) is 0 Å². The summed E-state index contributed by atoms with van der Waals surface area (Å²) < 4.78 is 13.6. The molecule has 4 aromatic rings. The third-order valence-electron chi connectivity index (χ3n) is 5.79. The molecule has 0 aliphatic heterocycles. The van der Waals surface area contributed by atoms with Crippen LogP contribution in [0.4, 0.5) is 11.5 Å². The van der Waals surface area contributed by atoms with Gasteiger partial charge >= 0.3 is 0 Å². The molecule has 0 saturated heterocycles. The summed E-state index contributed by atoms with van der Waals surface area (Å²) in [5, 5.41) is 17.1. The van der Waals surface area contributed by atoms with Crippen LogP contribution in [0, 0.1) is 5.41 Å². The zero-order valence-electron chi connectivity index (χ0n) is 22.6. The molecule has 206 valence electrons. The lowest BCUT2D eigenvalue weighted by molar-refractivity contribution is 0.0875. The highest BCUT2D eigenvalue weighted by Gasteiger charge is 2.22. The van der Waals surface area contributed by atoms with Crippen LogP contribution in [-0.2, 0) is 16.1 Å². The number of nitrogens with zero attached hydrogens (tertiary/aromatic N) is 4. The molecule has 0 spiro atoms. The first-order valence-electron chi connectivity index (χ1n) is 12.8. The van der Waals surface area contributed by atoms with E-state index in [1.807, 2.05) is 60.2 Å². The number of aromatic nitrogens is 3. The van der Waals surface area contributed by atoms with Crippen LogP contribution >= 0.6 is 11.6 Å². The van der Waals surface area contributed by atoms with Crippen molar-refractivity contribution in [3.05, 3.63) is 71.6 Å². The van der Waals surface area contributed by atoms with Gasteiger partial charge in [0.05, 0.1) is 36.1 Å². The Bertz CT molecular complexity index is 1430. The monoisotopic (exact) mass is 551 g/mol. The van der Waals surface area contributed by atoms with Gasteiger partial charge in [0.15, 0.2) is 5.82 Å². The molecule has 0 aliphatic carbocycles. The Morgan fingerprint density at radius 1 is 1.10 bits per heavy atom. The first-order valence-corrected chi connectivity index (χ1v) is 13.2.